The Morgan fingerprint density at radius 3 is 2.70 bits per heavy atom. The van der Waals surface area contributed by atoms with Crippen molar-refractivity contribution < 1.29 is 9.53 Å². The van der Waals surface area contributed by atoms with Gasteiger partial charge in [0.25, 0.3) is 0 Å². The lowest BCUT2D eigenvalue weighted by Gasteiger charge is -2.25. The van der Waals surface area contributed by atoms with Gasteiger partial charge in [0, 0.05) is 23.1 Å². The molecule has 0 saturated carbocycles. The lowest BCUT2D eigenvalue weighted by molar-refractivity contribution is -0.120. The number of aromatic amines is 1. The van der Waals surface area contributed by atoms with Crippen molar-refractivity contribution in [3.05, 3.63) is 65.4 Å². The molecular weight excluding hydrogens is 338 g/mol. The highest BCUT2D eigenvalue weighted by Gasteiger charge is 2.17. The smallest absolute Gasteiger partial charge is 0.224 e. The van der Waals surface area contributed by atoms with E-state index in [1.165, 1.54) is 0 Å². The second-order valence-electron chi connectivity index (χ2n) is 7.01. The van der Waals surface area contributed by atoms with Crippen LogP contribution in [-0.2, 0) is 11.2 Å². The number of benzene rings is 2. The van der Waals surface area contributed by atoms with Crippen LogP contribution in [-0.4, -0.2) is 43.5 Å². The van der Waals surface area contributed by atoms with Crippen molar-refractivity contribution >= 4 is 16.8 Å². The third-order valence-corrected chi connectivity index (χ3v) is 4.96. The zero-order chi connectivity index (χ0) is 19.4. The van der Waals surface area contributed by atoms with Gasteiger partial charge in [-0.1, -0.05) is 30.3 Å². The molecule has 1 heterocycles. The highest BCUT2D eigenvalue weighted by Crippen LogP contribution is 2.24. The number of carbonyl (C=O) groups excluding carboxylic acids is 1. The first-order chi connectivity index (χ1) is 13.0. The Morgan fingerprint density at radius 1 is 1.19 bits per heavy atom. The monoisotopic (exact) mass is 365 g/mol. The van der Waals surface area contributed by atoms with Gasteiger partial charge in [-0.25, -0.2) is 0 Å². The highest BCUT2D eigenvalue weighted by molar-refractivity contribution is 5.90. The third-order valence-electron chi connectivity index (χ3n) is 4.96. The first kappa shape index (κ1) is 19.0. The van der Waals surface area contributed by atoms with E-state index in [2.05, 4.69) is 27.3 Å². The van der Waals surface area contributed by atoms with E-state index in [9.17, 15) is 4.79 Å². The Bertz CT molecular complexity index is 930. The minimum Gasteiger partial charge on any atom is -0.497 e. The molecule has 3 rings (SSSR count). The van der Waals surface area contributed by atoms with Gasteiger partial charge >= 0.3 is 0 Å². The zero-order valence-corrected chi connectivity index (χ0v) is 16.4. The summed E-state index contributed by atoms with van der Waals surface area (Å²) in [4.78, 5) is 18.1. The molecule has 0 radical (unpaired) electrons. The molecule has 0 bridgehead atoms. The number of hydrogen-bond acceptors (Lipinski definition) is 3. The molecule has 142 valence electrons. The van der Waals surface area contributed by atoms with Crippen molar-refractivity contribution in [2.75, 3.05) is 27.7 Å². The van der Waals surface area contributed by atoms with Gasteiger partial charge in [-0.05, 0) is 50.3 Å². The number of likely N-dealkylation sites (N-methyl/N-ethyl adjacent to an activating group) is 1. The summed E-state index contributed by atoms with van der Waals surface area (Å²) in [5.74, 6) is 0.845. The molecule has 5 nitrogen and oxygen atoms in total. The Hall–Kier alpha value is -2.79. The maximum Gasteiger partial charge on any atom is 0.224 e. The summed E-state index contributed by atoms with van der Waals surface area (Å²) in [6, 6.07) is 16.1. The summed E-state index contributed by atoms with van der Waals surface area (Å²) in [6.45, 7) is 2.56. The van der Waals surface area contributed by atoms with Crippen LogP contribution in [0.3, 0.4) is 0 Å². The first-order valence-electron chi connectivity index (χ1n) is 9.13. The van der Waals surface area contributed by atoms with Gasteiger partial charge in [0.05, 0.1) is 19.6 Å². The van der Waals surface area contributed by atoms with Crippen LogP contribution in [0.1, 0.15) is 22.9 Å². The summed E-state index contributed by atoms with van der Waals surface area (Å²) < 4.78 is 5.33. The van der Waals surface area contributed by atoms with Gasteiger partial charge in [0.1, 0.15) is 5.75 Å². The summed E-state index contributed by atoms with van der Waals surface area (Å²) in [7, 11) is 5.69. The number of para-hydroxylation sites is 1. The maximum absolute atomic E-state index is 12.6. The lowest BCUT2D eigenvalue weighted by Crippen LogP contribution is -2.35. The number of carbonyl (C=O) groups is 1. The second-order valence-corrected chi connectivity index (χ2v) is 7.01. The number of hydrogen-bond donors (Lipinski definition) is 2. The number of amides is 1. The van der Waals surface area contributed by atoms with E-state index >= 15 is 0 Å². The number of H-pyrrole nitrogens is 1. The van der Waals surface area contributed by atoms with Crippen molar-refractivity contribution in [2.24, 2.45) is 0 Å². The molecule has 0 aliphatic carbocycles. The molecule has 5 heteroatoms. The second kappa shape index (κ2) is 8.27. The summed E-state index contributed by atoms with van der Waals surface area (Å²) in [6.07, 6.45) is 0.369. The topological polar surface area (TPSA) is 57.4 Å². The third kappa shape index (κ3) is 4.31. The Kier molecular flexibility index (Phi) is 5.81. The minimum atomic E-state index is 0.0256. The van der Waals surface area contributed by atoms with Crippen LogP contribution in [0, 0.1) is 6.92 Å². The first-order valence-corrected chi connectivity index (χ1v) is 9.13. The van der Waals surface area contributed by atoms with Crippen molar-refractivity contribution in [2.45, 2.75) is 19.4 Å². The van der Waals surface area contributed by atoms with E-state index in [-0.39, 0.29) is 11.9 Å². The summed E-state index contributed by atoms with van der Waals surface area (Å²) in [5, 5.41) is 4.21. The standard InChI is InChI=1S/C22H27N3O2/c1-15-19(18-10-5-6-11-20(18)24-15)13-22(26)23-14-21(25(2)3)16-8-7-9-17(12-16)27-4/h5-12,21,24H,13-14H2,1-4H3,(H,23,26)/t21-/m0/s1. The van der Waals surface area contributed by atoms with E-state index in [1.807, 2.05) is 57.4 Å². The molecule has 1 amide bonds. The molecule has 0 unspecified atom stereocenters. The number of methoxy groups -OCH3 is 1. The van der Waals surface area contributed by atoms with E-state index in [1.54, 1.807) is 7.11 Å². The molecule has 2 N–H and O–H groups in total. The maximum atomic E-state index is 12.6. The van der Waals surface area contributed by atoms with Crippen molar-refractivity contribution in [1.82, 2.24) is 15.2 Å². The number of nitrogens with zero attached hydrogens (tertiary/aromatic N) is 1. The molecule has 0 saturated heterocycles. The lowest BCUT2D eigenvalue weighted by atomic mass is 10.0. The molecule has 3 aromatic rings. The van der Waals surface area contributed by atoms with Crippen LogP contribution in [0.4, 0.5) is 0 Å². The average molecular weight is 365 g/mol. The van der Waals surface area contributed by atoms with Crippen molar-refractivity contribution in [1.29, 1.82) is 0 Å². The molecule has 1 atom stereocenters. The fourth-order valence-electron chi connectivity index (χ4n) is 3.44. The van der Waals surface area contributed by atoms with E-state index in [0.717, 1.165) is 33.5 Å². The highest BCUT2D eigenvalue weighted by atomic mass is 16.5. The fourth-order valence-corrected chi connectivity index (χ4v) is 3.44. The predicted molar refractivity (Wildman–Crippen MR) is 109 cm³/mol. The molecule has 27 heavy (non-hydrogen) atoms. The van der Waals surface area contributed by atoms with Gasteiger partial charge in [-0.3, -0.25) is 4.79 Å². The van der Waals surface area contributed by atoms with Crippen LogP contribution >= 0.6 is 0 Å². The Morgan fingerprint density at radius 2 is 1.96 bits per heavy atom. The predicted octanol–water partition coefficient (Wildman–Crippen LogP) is 3.45. The number of nitrogens with one attached hydrogen (secondary N) is 2. The van der Waals surface area contributed by atoms with E-state index in [0.29, 0.717) is 13.0 Å². The van der Waals surface area contributed by atoms with Gasteiger partial charge < -0.3 is 19.9 Å². The van der Waals surface area contributed by atoms with E-state index in [4.69, 9.17) is 4.74 Å². The molecule has 1 aromatic heterocycles. The fraction of sp³-hybridized carbons (Fsp3) is 0.318. The minimum absolute atomic E-state index is 0.0256. The van der Waals surface area contributed by atoms with Crippen LogP contribution in [0.15, 0.2) is 48.5 Å². The molecule has 0 aliphatic rings. The number of fused-ring (bicyclic) bond motifs is 1. The summed E-state index contributed by atoms with van der Waals surface area (Å²) in [5.41, 5.74) is 4.29. The van der Waals surface area contributed by atoms with Gasteiger partial charge in [-0.15, -0.1) is 0 Å². The summed E-state index contributed by atoms with van der Waals surface area (Å²) >= 11 is 0. The normalized spacial score (nSPS) is 12.3. The van der Waals surface area contributed by atoms with Crippen molar-refractivity contribution in [3.8, 4) is 5.75 Å². The molecule has 0 aliphatic heterocycles. The van der Waals surface area contributed by atoms with Gasteiger partial charge in [0.15, 0.2) is 0 Å². The number of aryl methyl sites for hydroxylation is 1. The zero-order valence-electron chi connectivity index (χ0n) is 16.4. The largest absolute Gasteiger partial charge is 0.497 e. The molecule has 0 fully saturated rings. The van der Waals surface area contributed by atoms with Crippen LogP contribution < -0.4 is 10.1 Å². The van der Waals surface area contributed by atoms with Crippen LogP contribution in [0.25, 0.3) is 10.9 Å². The molecular formula is C22H27N3O2. The van der Waals surface area contributed by atoms with Gasteiger partial charge in [-0.2, -0.15) is 0 Å². The number of ether oxygens (including phenoxy) is 1. The Balaban J connectivity index is 1.70. The Labute approximate surface area is 160 Å². The van der Waals surface area contributed by atoms with Crippen LogP contribution in [0.5, 0.6) is 5.75 Å². The van der Waals surface area contributed by atoms with E-state index < -0.39 is 0 Å². The van der Waals surface area contributed by atoms with Crippen molar-refractivity contribution in [3.63, 3.8) is 0 Å². The van der Waals surface area contributed by atoms with Gasteiger partial charge in [0.2, 0.25) is 5.91 Å². The quantitative estimate of drug-likeness (QED) is 0.674. The average Bonchev–Trinajstić information content (AvgIpc) is 2.97. The number of aromatic nitrogens is 1. The van der Waals surface area contributed by atoms with Crippen LogP contribution in [0.2, 0.25) is 0 Å². The number of rotatable bonds is 7. The molecule has 2 aromatic carbocycles. The SMILES string of the molecule is COc1cccc([C@H](CNC(=O)Cc2c(C)[nH]c3ccccc23)N(C)C)c1. The molecule has 0 spiro atoms.